The first-order valence-electron chi connectivity index (χ1n) is 6.64. The molecule has 0 aromatic heterocycles. The number of anilines is 1. The first-order valence-corrected chi connectivity index (χ1v) is 7.02. The number of hydrogen-bond acceptors (Lipinski definition) is 5. The van der Waals surface area contributed by atoms with Crippen LogP contribution < -0.4 is 10.4 Å². The fourth-order valence-electron chi connectivity index (χ4n) is 2.63. The van der Waals surface area contributed by atoms with Gasteiger partial charge in [-0.25, -0.2) is 4.79 Å². The van der Waals surface area contributed by atoms with Gasteiger partial charge in [0.2, 0.25) is 0 Å². The Hall–Kier alpha value is -2.01. The lowest BCUT2D eigenvalue weighted by atomic mass is 9.97. The maximum absolute atomic E-state index is 11.8. The van der Waals surface area contributed by atoms with E-state index >= 15 is 0 Å². The number of hydrazine groups is 1. The number of nitrogens with one attached hydrogen (secondary N) is 1. The predicted octanol–water partition coefficient (Wildman–Crippen LogP) is 2.21. The van der Waals surface area contributed by atoms with E-state index in [0.29, 0.717) is 17.0 Å². The zero-order valence-electron chi connectivity index (χ0n) is 11.8. The number of cyclic esters (lactones) is 1. The topological polar surface area (TPSA) is 58.6 Å². The first kappa shape index (κ1) is 13.9. The third kappa shape index (κ3) is 2.38. The van der Waals surface area contributed by atoms with Crippen molar-refractivity contribution in [3.8, 4) is 0 Å². The largest absolute Gasteiger partial charge is 0.455 e. The van der Waals surface area contributed by atoms with Gasteiger partial charge in [0.15, 0.2) is 0 Å². The molecule has 2 heterocycles. The van der Waals surface area contributed by atoms with Crippen LogP contribution in [0.3, 0.4) is 0 Å². The Balaban J connectivity index is 1.94. The van der Waals surface area contributed by atoms with E-state index in [1.54, 1.807) is 0 Å². The molecule has 2 aliphatic heterocycles. The van der Waals surface area contributed by atoms with E-state index in [0.717, 1.165) is 11.4 Å². The second kappa shape index (κ2) is 4.77. The Morgan fingerprint density at radius 3 is 2.48 bits per heavy atom. The van der Waals surface area contributed by atoms with E-state index in [1.807, 2.05) is 29.3 Å². The van der Waals surface area contributed by atoms with Gasteiger partial charge in [-0.15, -0.1) is 0 Å². The average Bonchev–Trinajstić information content (AvgIpc) is 2.91. The van der Waals surface area contributed by atoms with Gasteiger partial charge in [-0.05, 0) is 38.1 Å². The first-order chi connectivity index (χ1) is 9.88. The molecule has 1 aromatic rings. The molecule has 0 spiro atoms. The highest BCUT2D eigenvalue weighted by molar-refractivity contribution is 6.42. The quantitative estimate of drug-likeness (QED) is 0.490. The molecule has 2 saturated heterocycles. The van der Waals surface area contributed by atoms with Crippen molar-refractivity contribution in [1.82, 2.24) is 5.43 Å². The van der Waals surface area contributed by atoms with Crippen LogP contribution in [0.5, 0.6) is 0 Å². The van der Waals surface area contributed by atoms with Crippen molar-refractivity contribution < 1.29 is 14.3 Å². The number of halogens is 1. The van der Waals surface area contributed by atoms with Crippen LogP contribution in [-0.4, -0.2) is 23.9 Å². The van der Waals surface area contributed by atoms with Crippen molar-refractivity contribution in [2.75, 3.05) is 11.6 Å². The molecule has 0 aliphatic carbocycles. The Kier molecular flexibility index (Phi) is 3.17. The van der Waals surface area contributed by atoms with E-state index in [4.69, 9.17) is 16.3 Å². The van der Waals surface area contributed by atoms with Gasteiger partial charge in [0.25, 0.3) is 5.78 Å². The molecule has 0 radical (unpaired) electrons. The van der Waals surface area contributed by atoms with E-state index < -0.39 is 11.8 Å². The van der Waals surface area contributed by atoms with Crippen LogP contribution in [0, 0.1) is 0 Å². The molecule has 1 N–H and O–H groups in total. The fraction of sp³-hybridized carbons (Fsp3) is 0.333. The molecule has 5 nitrogen and oxygen atoms in total. The zero-order valence-corrected chi connectivity index (χ0v) is 12.5. The molecule has 0 saturated carbocycles. The summed E-state index contributed by atoms with van der Waals surface area (Å²) in [4.78, 5) is 23.0. The summed E-state index contributed by atoms with van der Waals surface area (Å²) in [6, 6.07) is 7.44. The molecular weight excluding hydrogens is 292 g/mol. The van der Waals surface area contributed by atoms with Crippen LogP contribution in [0.1, 0.15) is 20.3 Å². The summed E-state index contributed by atoms with van der Waals surface area (Å²) in [5, 5.41) is 2.64. The van der Waals surface area contributed by atoms with Gasteiger partial charge < -0.3 is 10.2 Å². The van der Waals surface area contributed by atoms with Crippen molar-refractivity contribution in [3.05, 3.63) is 40.6 Å². The summed E-state index contributed by atoms with van der Waals surface area (Å²) in [5.74, 6) is -1.33. The van der Waals surface area contributed by atoms with Crippen LogP contribution >= 0.6 is 11.6 Å². The fourth-order valence-corrected chi connectivity index (χ4v) is 2.76. The predicted molar refractivity (Wildman–Crippen MR) is 78.8 cm³/mol. The monoisotopic (exact) mass is 306 g/mol. The van der Waals surface area contributed by atoms with Gasteiger partial charge >= 0.3 is 5.97 Å². The molecule has 0 atom stereocenters. The van der Waals surface area contributed by atoms with Crippen LogP contribution in [0.15, 0.2) is 35.5 Å². The lowest BCUT2D eigenvalue weighted by molar-refractivity contribution is -0.146. The van der Waals surface area contributed by atoms with E-state index in [-0.39, 0.29) is 12.1 Å². The van der Waals surface area contributed by atoms with Gasteiger partial charge in [-0.3, -0.25) is 9.80 Å². The molecule has 110 valence electrons. The Bertz CT molecular complexity index is 649. The van der Waals surface area contributed by atoms with Crippen molar-refractivity contribution in [2.24, 2.45) is 0 Å². The maximum atomic E-state index is 11.8. The third-order valence-corrected chi connectivity index (χ3v) is 3.97. The molecule has 21 heavy (non-hydrogen) atoms. The number of carbonyl (C=O) groups is 2. The molecule has 2 fully saturated rings. The maximum Gasteiger partial charge on any atom is 0.379 e. The molecule has 0 amide bonds. The van der Waals surface area contributed by atoms with E-state index in [9.17, 15) is 9.59 Å². The van der Waals surface area contributed by atoms with Crippen LogP contribution in [0.4, 0.5) is 5.69 Å². The SMILES string of the molecule is CC1(C)C/C(=C2/COC(=O)C2=O)NN1c1ccc(Cl)cc1. The van der Waals surface area contributed by atoms with Crippen molar-refractivity contribution in [2.45, 2.75) is 25.8 Å². The van der Waals surface area contributed by atoms with Gasteiger partial charge in [-0.2, -0.15) is 0 Å². The molecule has 2 aliphatic rings. The minimum atomic E-state index is -0.776. The van der Waals surface area contributed by atoms with E-state index in [2.05, 4.69) is 19.3 Å². The Morgan fingerprint density at radius 1 is 1.24 bits per heavy atom. The van der Waals surface area contributed by atoms with Gasteiger partial charge in [0.1, 0.15) is 6.61 Å². The van der Waals surface area contributed by atoms with Crippen molar-refractivity contribution >= 4 is 29.0 Å². The smallest absolute Gasteiger partial charge is 0.379 e. The summed E-state index contributed by atoms with van der Waals surface area (Å²) in [5.41, 5.74) is 5.10. The number of nitrogens with zero attached hydrogens (tertiary/aromatic N) is 1. The number of esters is 1. The zero-order chi connectivity index (χ0) is 15.2. The molecular formula is C15H15ClN2O3. The van der Waals surface area contributed by atoms with Gasteiger partial charge in [0.05, 0.1) is 16.8 Å². The lowest BCUT2D eigenvalue weighted by Crippen LogP contribution is -2.43. The Labute approximate surface area is 127 Å². The summed E-state index contributed by atoms with van der Waals surface area (Å²) < 4.78 is 4.79. The highest BCUT2D eigenvalue weighted by Crippen LogP contribution is 2.35. The number of rotatable bonds is 1. The number of benzene rings is 1. The average molecular weight is 307 g/mol. The number of hydrogen-bond donors (Lipinski definition) is 1. The van der Waals surface area contributed by atoms with Crippen LogP contribution in [-0.2, 0) is 14.3 Å². The molecule has 0 unspecified atom stereocenters. The molecule has 1 aromatic carbocycles. The molecule has 3 rings (SSSR count). The second-order valence-electron chi connectivity index (χ2n) is 5.78. The number of carbonyl (C=O) groups excluding carboxylic acids is 2. The highest BCUT2D eigenvalue weighted by atomic mass is 35.5. The van der Waals surface area contributed by atoms with Gasteiger partial charge in [-0.1, -0.05) is 11.6 Å². The van der Waals surface area contributed by atoms with Crippen molar-refractivity contribution in [1.29, 1.82) is 0 Å². The number of ether oxygens (including phenoxy) is 1. The lowest BCUT2D eigenvalue weighted by Gasteiger charge is -2.32. The minimum Gasteiger partial charge on any atom is -0.455 e. The van der Waals surface area contributed by atoms with Crippen molar-refractivity contribution in [3.63, 3.8) is 0 Å². The summed E-state index contributed by atoms with van der Waals surface area (Å²) >= 11 is 5.91. The Morgan fingerprint density at radius 2 is 1.90 bits per heavy atom. The van der Waals surface area contributed by atoms with Gasteiger partial charge in [0, 0.05) is 17.1 Å². The summed E-state index contributed by atoms with van der Waals surface area (Å²) in [6.45, 7) is 4.17. The normalized spacial score (nSPS) is 24.2. The molecule has 0 bridgehead atoms. The summed E-state index contributed by atoms with van der Waals surface area (Å²) in [7, 11) is 0. The minimum absolute atomic E-state index is 0.0462. The highest BCUT2D eigenvalue weighted by Gasteiger charge is 2.40. The standard InChI is InChI=1S/C15H15ClN2O3/c1-15(2)7-12(11-8-21-14(20)13(11)19)17-18(15)10-5-3-9(16)4-6-10/h3-6,17H,7-8H2,1-2H3/b12-11+. The summed E-state index contributed by atoms with van der Waals surface area (Å²) in [6.07, 6.45) is 0.632. The third-order valence-electron chi connectivity index (χ3n) is 3.72. The number of ketones is 1. The number of Topliss-reactive ketones (excluding diaryl/α,β-unsaturated/α-hetero) is 1. The second-order valence-corrected chi connectivity index (χ2v) is 6.21. The van der Waals surface area contributed by atoms with E-state index in [1.165, 1.54) is 0 Å². The van der Waals surface area contributed by atoms with Crippen LogP contribution in [0.25, 0.3) is 0 Å². The molecule has 6 heteroatoms. The van der Waals surface area contributed by atoms with Crippen LogP contribution in [0.2, 0.25) is 5.02 Å².